The number of ether oxygens (including phenoxy) is 2. The topological polar surface area (TPSA) is 38.7 Å². The Balaban J connectivity index is 2.51. The summed E-state index contributed by atoms with van der Waals surface area (Å²) in [7, 11) is 2.97. The van der Waals surface area contributed by atoms with Gasteiger partial charge in [0.25, 0.3) is 0 Å². The number of methoxy groups -OCH3 is 2. The number of benzene rings is 2. The van der Waals surface area contributed by atoms with Crippen LogP contribution in [0.5, 0.6) is 17.2 Å². The van der Waals surface area contributed by atoms with Crippen molar-refractivity contribution in [3.05, 3.63) is 42.2 Å². The van der Waals surface area contributed by atoms with Crippen LogP contribution in [0.4, 0.5) is 4.39 Å². The van der Waals surface area contributed by atoms with Crippen molar-refractivity contribution in [2.24, 2.45) is 0 Å². The molecule has 0 atom stereocenters. The zero-order chi connectivity index (χ0) is 13.1. The van der Waals surface area contributed by atoms with Crippen molar-refractivity contribution in [2.45, 2.75) is 0 Å². The maximum absolute atomic E-state index is 13.9. The molecule has 0 aliphatic rings. The van der Waals surface area contributed by atoms with Gasteiger partial charge in [-0.25, -0.2) is 4.39 Å². The Hall–Kier alpha value is -2.23. The van der Waals surface area contributed by atoms with E-state index in [4.69, 9.17) is 9.47 Å². The molecule has 0 fully saturated rings. The lowest BCUT2D eigenvalue weighted by Gasteiger charge is -2.08. The van der Waals surface area contributed by atoms with Gasteiger partial charge >= 0.3 is 0 Å². The summed E-state index contributed by atoms with van der Waals surface area (Å²) in [5.41, 5.74) is 0.928. The second-order valence-electron chi connectivity index (χ2n) is 3.77. The van der Waals surface area contributed by atoms with Crippen molar-refractivity contribution < 1.29 is 19.0 Å². The molecule has 0 amide bonds. The van der Waals surface area contributed by atoms with Crippen LogP contribution in [0, 0.1) is 5.82 Å². The molecule has 0 aromatic heterocycles. The fourth-order valence-corrected chi connectivity index (χ4v) is 1.71. The Morgan fingerprint density at radius 1 is 0.944 bits per heavy atom. The molecule has 0 heterocycles. The Kier molecular flexibility index (Phi) is 3.37. The van der Waals surface area contributed by atoms with Crippen molar-refractivity contribution in [1.29, 1.82) is 0 Å². The van der Waals surface area contributed by atoms with Gasteiger partial charge in [-0.1, -0.05) is 0 Å². The maximum Gasteiger partial charge on any atom is 0.134 e. The Morgan fingerprint density at radius 3 is 2.28 bits per heavy atom. The lowest BCUT2D eigenvalue weighted by atomic mass is 10.0. The van der Waals surface area contributed by atoms with E-state index in [2.05, 4.69) is 0 Å². The van der Waals surface area contributed by atoms with E-state index in [0.717, 1.165) is 0 Å². The fourth-order valence-electron chi connectivity index (χ4n) is 1.71. The van der Waals surface area contributed by atoms with Gasteiger partial charge in [-0.2, -0.15) is 0 Å². The first kappa shape index (κ1) is 12.2. The third-order valence-corrected chi connectivity index (χ3v) is 2.61. The Bertz CT molecular complexity index is 567. The van der Waals surface area contributed by atoms with Gasteiger partial charge in [0.15, 0.2) is 0 Å². The molecule has 0 spiro atoms. The van der Waals surface area contributed by atoms with E-state index in [1.807, 2.05) is 0 Å². The normalized spacial score (nSPS) is 10.2. The first-order chi connectivity index (χ1) is 8.63. The molecule has 0 saturated heterocycles. The third kappa shape index (κ3) is 2.37. The molecule has 2 aromatic rings. The highest BCUT2D eigenvalue weighted by Gasteiger charge is 2.09. The maximum atomic E-state index is 13.9. The van der Waals surface area contributed by atoms with Crippen LogP contribution in [0.15, 0.2) is 36.4 Å². The average Bonchev–Trinajstić information content (AvgIpc) is 2.37. The lowest BCUT2D eigenvalue weighted by molar-refractivity contribution is 0.408. The van der Waals surface area contributed by atoms with E-state index in [0.29, 0.717) is 22.6 Å². The SMILES string of the molecule is COc1cc(O)cc(-c2ccc(OC)cc2F)c1. The van der Waals surface area contributed by atoms with Gasteiger partial charge in [-0.05, 0) is 29.8 Å². The molecule has 1 N–H and O–H groups in total. The number of halogens is 1. The van der Waals surface area contributed by atoms with Gasteiger partial charge in [0.1, 0.15) is 23.1 Å². The van der Waals surface area contributed by atoms with Gasteiger partial charge in [-0.15, -0.1) is 0 Å². The van der Waals surface area contributed by atoms with Crippen LogP contribution in [0.25, 0.3) is 11.1 Å². The summed E-state index contributed by atoms with van der Waals surface area (Å²) in [6.07, 6.45) is 0. The number of rotatable bonds is 3. The zero-order valence-corrected chi connectivity index (χ0v) is 10.1. The number of hydrogen-bond acceptors (Lipinski definition) is 3. The van der Waals surface area contributed by atoms with E-state index >= 15 is 0 Å². The van der Waals surface area contributed by atoms with Gasteiger partial charge in [0, 0.05) is 17.7 Å². The molecule has 2 rings (SSSR count). The van der Waals surface area contributed by atoms with Crippen LogP contribution in [0.3, 0.4) is 0 Å². The van der Waals surface area contributed by atoms with Crippen molar-refractivity contribution in [3.63, 3.8) is 0 Å². The first-order valence-corrected chi connectivity index (χ1v) is 5.36. The van der Waals surface area contributed by atoms with Crippen molar-refractivity contribution >= 4 is 0 Å². The summed E-state index contributed by atoms with van der Waals surface area (Å²) in [4.78, 5) is 0. The second kappa shape index (κ2) is 4.96. The minimum Gasteiger partial charge on any atom is -0.508 e. The molecule has 0 saturated carbocycles. The summed E-state index contributed by atoms with van der Waals surface area (Å²) in [6.45, 7) is 0. The molecule has 0 unspecified atom stereocenters. The summed E-state index contributed by atoms with van der Waals surface area (Å²) in [6, 6.07) is 9.16. The van der Waals surface area contributed by atoms with Gasteiger partial charge in [0.2, 0.25) is 0 Å². The van der Waals surface area contributed by atoms with Gasteiger partial charge in [0.05, 0.1) is 14.2 Å². The molecule has 18 heavy (non-hydrogen) atoms. The van der Waals surface area contributed by atoms with Crippen LogP contribution in [-0.4, -0.2) is 19.3 Å². The fraction of sp³-hybridized carbons (Fsp3) is 0.143. The summed E-state index contributed by atoms with van der Waals surface area (Å²) >= 11 is 0. The zero-order valence-electron chi connectivity index (χ0n) is 10.1. The van der Waals surface area contributed by atoms with E-state index < -0.39 is 5.82 Å². The van der Waals surface area contributed by atoms with Crippen molar-refractivity contribution in [3.8, 4) is 28.4 Å². The number of hydrogen-bond donors (Lipinski definition) is 1. The molecule has 94 valence electrons. The highest BCUT2D eigenvalue weighted by atomic mass is 19.1. The summed E-state index contributed by atoms with van der Waals surface area (Å²) < 4.78 is 23.9. The number of phenols is 1. The highest BCUT2D eigenvalue weighted by Crippen LogP contribution is 2.32. The van der Waals surface area contributed by atoms with Crippen molar-refractivity contribution in [1.82, 2.24) is 0 Å². The average molecular weight is 248 g/mol. The standard InChI is InChI=1S/C14H13FO3/c1-17-11-3-4-13(14(15)8-11)9-5-10(16)7-12(6-9)18-2/h3-8,16H,1-2H3. The molecule has 0 radical (unpaired) electrons. The van der Waals surface area contributed by atoms with Crippen LogP contribution in [0.1, 0.15) is 0 Å². The molecule has 2 aromatic carbocycles. The summed E-state index contributed by atoms with van der Waals surface area (Å²) in [5.74, 6) is 0.533. The third-order valence-electron chi connectivity index (χ3n) is 2.61. The number of aromatic hydroxyl groups is 1. The van der Waals surface area contributed by atoms with Crippen LogP contribution >= 0.6 is 0 Å². The van der Waals surface area contributed by atoms with Gasteiger partial charge < -0.3 is 14.6 Å². The predicted molar refractivity (Wildman–Crippen MR) is 66.6 cm³/mol. The molecule has 4 heteroatoms. The summed E-state index contributed by atoms with van der Waals surface area (Å²) in [5, 5.41) is 9.55. The lowest BCUT2D eigenvalue weighted by Crippen LogP contribution is -1.89. The molecule has 0 aliphatic heterocycles. The quantitative estimate of drug-likeness (QED) is 0.906. The molecule has 3 nitrogen and oxygen atoms in total. The predicted octanol–water partition coefficient (Wildman–Crippen LogP) is 3.22. The van der Waals surface area contributed by atoms with E-state index in [1.165, 1.54) is 32.4 Å². The largest absolute Gasteiger partial charge is 0.508 e. The Morgan fingerprint density at radius 2 is 1.67 bits per heavy atom. The minimum atomic E-state index is -0.415. The second-order valence-corrected chi connectivity index (χ2v) is 3.77. The van der Waals surface area contributed by atoms with Crippen molar-refractivity contribution in [2.75, 3.05) is 14.2 Å². The van der Waals surface area contributed by atoms with Crippen LogP contribution in [-0.2, 0) is 0 Å². The van der Waals surface area contributed by atoms with E-state index in [1.54, 1.807) is 18.2 Å². The highest BCUT2D eigenvalue weighted by molar-refractivity contribution is 5.68. The monoisotopic (exact) mass is 248 g/mol. The number of phenolic OH excluding ortho intramolecular Hbond substituents is 1. The van der Waals surface area contributed by atoms with E-state index in [9.17, 15) is 9.50 Å². The van der Waals surface area contributed by atoms with Gasteiger partial charge in [-0.3, -0.25) is 0 Å². The molecular weight excluding hydrogens is 235 g/mol. The molecule has 0 bridgehead atoms. The molecule has 0 aliphatic carbocycles. The van der Waals surface area contributed by atoms with E-state index in [-0.39, 0.29) is 5.75 Å². The van der Waals surface area contributed by atoms with Crippen LogP contribution < -0.4 is 9.47 Å². The smallest absolute Gasteiger partial charge is 0.134 e. The Labute approximate surface area is 104 Å². The minimum absolute atomic E-state index is 0.0274. The van der Waals surface area contributed by atoms with Crippen LogP contribution in [0.2, 0.25) is 0 Å². The first-order valence-electron chi connectivity index (χ1n) is 5.36. The molecular formula is C14H13FO3.